The number of rotatable bonds is 4. The van der Waals surface area contributed by atoms with Crippen molar-refractivity contribution in [1.29, 1.82) is 5.26 Å². The van der Waals surface area contributed by atoms with Crippen LogP contribution >= 0.6 is 15.9 Å². The molecule has 32 heavy (non-hydrogen) atoms. The summed E-state index contributed by atoms with van der Waals surface area (Å²) in [5.41, 5.74) is 8.63. The Morgan fingerprint density at radius 3 is 2.53 bits per heavy atom. The van der Waals surface area contributed by atoms with Gasteiger partial charge in [-0.2, -0.15) is 5.26 Å². The zero-order valence-electron chi connectivity index (χ0n) is 16.6. The van der Waals surface area contributed by atoms with Crippen molar-refractivity contribution in [1.82, 2.24) is 0 Å². The quantitative estimate of drug-likeness (QED) is 0.541. The summed E-state index contributed by atoms with van der Waals surface area (Å²) >= 11 is 3.51. The predicted octanol–water partition coefficient (Wildman–Crippen LogP) is 5.11. The van der Waals surface area contributed by atoms with Gasteiger partial charge in [-0.15, -0.1) is 0 Å². The molecular weight excluding hydrogens is 479 g/mol. The molecule has 0 saturated carbocycles. The Balaban J connectivity index is 1.59. The fourth-order valence-electron chi connectivity index (χ4n) is 3.78. The minimum atomic E-state index is -0.543. The second-order valence-corrected chi connectivity index (χ2v) is 8.18. The van der Waals surface area contributed by atoms with Gasteiger partial charge in [0.05, 0.1) is 5.92 Å². The molecule has 1 atom stereocenters. The van der Waals surface area contributed by atoms with Crippen LogP contribution in [0.2, 0.25) is 0 Å². The van der Waals surface area contributed by atoms with Crippen molar-refractivity contribution in [3.63, 3.8) is 0 Å². The molecule has 8 heteroatoms. The van der Waals surface area contributed by atoms with E-state index in [0.29, 0.717) is 28.6 Å². The molecule has 160 valence electrons. The summed E-state index contributed by atoms with van der Waals surface area (Å²) in [5, 5.41) is 9.89. The number of nitrogens with two attached hydrogens (primary N) is 1. The fraction of sp³-hybridized carbons (Fsp3) is 0.125. The number of benzene rings is 3. The maximum Gasteiger partial charge on any atom is 0.231 e. The summed E-state index contributed by atoms with van der Waals surface area (Å²) in [6, 6.07) is 17.3. The molecule has 6 nitrogen and oxygen atoms in total. The summed E-state index contributed by atoms with van der Waals surface area (Å²) in [7, 11) is 0. The van der Waals surface area contributed by atoms with E-state index in [9.17, 15) is 9.65 Å². The summed E-state index contributed by atoms with van der Waals surface area (Å²) in [4.78, 5) is 0. The van der Waals surface area contributed by atoms with Gasteiger partial charge < -0.3 is 24.7 Å². The summed E-state index contributed by atoms with van der Waals surface area (Å²) < 4.78 is 36.9. The molecule has 0 bridgehead atoms. The molecule has 2 aliphatic heterocycles. The normalized spacial score (nSPS) is 16.2. The lowest BCUT2D eigenvalue weighted by molar-refractivity contribution is 0.174. The number of fused-ring (bicyclic) bond motifs is 2. The molecule has 5 rings (SSSR count). The Labute approximate surface area is 191 Å². The van der Waals surface area contributed by atoms with Gasteiger partial charge in [0.15, 0.2) is 11.5 Å². The zero-order chi connectivity index (χ0) is 22.2. The van der Waals surface area contributed by atoms with E-state index in [4.69, 9.17) is 24.7 Å². The SMILES string of the molecule is N#CC1=C(N)Oc2cc3c(cc2[C@@H]1c1cc(Br)ccc1OCc1ccc(F)cc1)OCO3. The average molecular weight is 495 g/mol. The van der Waals surface area contributed by atoms with Gasteiger partial charge in [0.1, 0.15) is 35.6 Å². The van der Waals surface area contributed by atoms with Crippen LogP contribution in [-0.2, 0) is 6.61 Å². The van der Waals surface area contributed by atoms with E-state index in [1.54, 1.807) is 24.3 Å². The highest BCUT2D eigenvalue weighted by Gasteiger charge is 2.35. The van der Waals surface area contributed by atoms with E-state index in [-0.39, 0.29) is 30.7 Å². The largest absolute Gasteiger partial charge is 0.489 e. The van der Waals surface area contributed by atoms with Crippen LogP contribution in [0.1, 0.15) is 22.6 Å². The Morgan fingerprint density at radius 2 is 1.78 bits per heavy atom. The van der Waals surface area contributed by atoms with E-state index in [1.807, 2.05) is 18.2 Å². The van der Waals surface area contributed by atoms with E-state index in [2.05, 4.69) is 22.0 Å². The summed E-state index contributed by atoms with van der Waals surface area (Å²) in [6.45, 7) is 0.340. The smallest absolute Gasteiger partial charge is 0.231 e. The number of nitriles is 1. The van der Waals surface area contributed by atoms with Crippen molar-refractivity contribution in [2.24, 2.45) is 5.73 Å². The van der Waals surface area contributed by atoms with E-state index < -0.39 is 5.92 Å². The number of hydrogen-bond acceptors (Lipinski definition) is 6. The van der Waals surface area contributed by atoms with Crippen LogP contribution in [0.4, 0.5) is 4.39 Å². The number of nitrogens with zero attached hydrogens (tertiary/aromatic N) is 1. The second kappa shape index (κ2) is 8.09. The molecule has 2 N–H and O–H groups in total. The molecule has 3 aromatic carbocycles. The maximum absolute atomic E-state index is 13.2. The van der Waals surface area contributed by atoms with Crippen molar-refractivity contribution in [2.75, 3.05) is 6.79 Å². The topological polar surface area (TPSA) is 86.7 Å². The van der Waals surface area contributed by atoms with Crippen molar-refractivity contribution < 1.29 is 23.3 Å². The first kappa shape index (κ1) is 20.2. The number of ether oxygens (including phenoxy) is 4. The maximum atomic E-state index is 13.2. The lowest BCUT2D eigenvalue weighted by atomic mass is 9.83. The van der Waals surface area contributed by atoms with Gasteiger partial charge >= 0.3 is 0 Å². The van der Waals surface area contributed by atoms with Crippen LogP contribution in [0.5, 0.6) is 23.0 Å². The van der Waals surface area contributed by atoms with Crippen LogP contribution in [-0.4, -0.2) is 6.79 Å². The first-order valence-electron chi connectivity index (χ1n) is 9.71. The summed E-state index contributed by atoms with van der Waals surface area (Å²) in [5.74, 6) is 1.34. The van der Waals surface area contributed by atoms with E-state index >= 15 is 0 Å². The Bertz CT molecular complexity index is 1280. The van der Waals surface area contributed by atoms with E-state index in [0.717, 1.165) is 15.6 Å². The average Bonchev–Trinajstić information content (AvgIpc) is 3.24. The van der Waals surface area contributed by atoms with Gasteiger partial charge in [0, 0.05) is 21.7 Å². The highest BCUT2D eigenvalue weighted by atomic mass is 79.9. The monoisotopic (exact) mass is 494 g/mol. The zero-order valence-corrected chi connectivity index (χ0v) is 18.2. The molecule has 0 radical (unpaired) electrons. The molecule has 0 fully saturated rings. The molecule has 3 aromatic rings. The first-order valence-corrected chi connectivity index (χ1v) is 10.5. The minimum absolute atomic E-state index is 0.0216. The van der Waals surface area contributed by atoms with Crippen molar-refractivity contribution >= 4 is 15.9 Å². The third-order valence-electron chi connectivity index (χ3n) is 5.30. The highest BCUT2D eigenvalue weighted by Crippen LogP contribution is 2.49. The first-order chi connectivity index (χ1) is 15.5. The van der Waals surface area contributed by atoms with Crippen molar-refractivity contribution in [3.8, 4) is 29.1 Å². The van der Waals surface area contributed by atoms with Crippen LogP contribution < -0.4 is 24.7 Å². The Hall–Kier alpha value is -3.70. The van der Waals surface area contributed by atoms with E-state index in [1.165, 1.54) is 12.1 Å². The van der Waals surface area contributed by atoms with Crippen molar-refractivity contribution in [2.45, 2.75) is 12.5 Å². The second-order valence-electron chi connectivity index (χ2n) is 7.27. The molecule has 0 unspecified atom stereocenters. The molecule has 0 spiro atoms. The third kappa shape index (κ3) is 3.61. The molecule has 0 saturated heterocycles. The van der Waals surface area contributed by atoms with Crippen LogP contribution in [0.3, 0.4) is 0 Å². The van der Waals surface area contributed by atoms with Crippen molar-refractivity contribution in [3.05, 3.63) is 93.0 Å². The van der Waals surface area contributed by atoms with Gasteiger partial charge in [0.2, 0.25) is 12.7 Å². The molecule has 0 aromatic heterocycles. The van der Waals surface area contributed by atoms with Crippen LogP contribution in [0.25, 0.3) is 0 Å². The van der Waals surface area contributed by atoms with Gasteiger partial charge in [0.25, 0.3) is 0 Å². The number of hydrogen-bond donors (Lipinski definition) is 1. The lowest BCUT2D eigenvalue weighted by Crippen LogP contribution is -2.21. The third-order valence-corrected chi connectivity index (χ3v) is 5.79. The lowest BCUT2D eigenvalue weighted by Gasteiger charge is -2.28. The Kier molecular flexibility index (Phi) is 5.11. The van der Waals surface area contributed by atoms with Gasteiger partial charge in [-0.05, 0) is 42.0 Å². The molecule has 0 amide bonds. The molecule has 2 aliphatic rings. The summed E-state index contributed by atoms with van der Waals surface area (Å²) in [6.07, 6.45) is 0. The molecule has 0 aliphatic carbocycles. The molecule has 2 heterocycles. The Morgan fingerprint density at radius 1 is 1.03 bits per heavy atom. The standard InChI is InChI=1S/C24H16BrFN2O4/c25-14-3-6-19(29-11-13-1-4-15(26)5-2-13)16(7-14)23-17-8-21-22(31-12-30-21)9-20(17)32-24(28)18(23)10-27/h1-9,23H,11-12,28H2/t23-/m0/s1. The number of halogens is 2. The van der Waals surface area contributed by atoms with Gasteiger partial charge in [-0.25, -0.2) is 4.39 Å². The highest BCUT2D eigenvalue weighted by molar-refractivity contribution is 9.10. The van der Waals surface area contributed by atoms with Gasteiger partial charge in [-0.1, -0.05) is 28.1 Å². The predicted molar refractivity (Wildman–Crippen MR) is 117 cm³/mol. The molecular formula is C24H16BrFN2O4. The van der Waals surface area contributed by atoms with Crippen LogP contribution in [0.15, 0.2) is 70.5 Å². The van der Waals surface area contributed by atoms with Gasteiger partial charge in [-0.3, -0.25) is 0 Å². The fourth-order valence-corrected chi connectivity index (χ4v) is 4.16. The van der Waals surface area contributed by atoms with Crippen LogP contribution in [0, 0.1) is 17.1 Å². The minimum Gasteiger partial charge on any atom is -0.489 e. The number of allylic oxidation sites excluding steroid dienone is 1.